The summed E-state index contributed by atoms with van der Waals surface area (Å²) < 4.78 is 17.1. The highest BCUT2D eigenvalue weighted by molar-refractivity contribution is 6.33. The monoisotopic (exact) mass is 476 g/mol. The van der Waals surface area contributed by atoms with Crippen molar-refractivity contribution in [2.45, 2.75) is 26.0 Å². The number of hydrogen-bond acceptors (Lipinski definition) is 5. The number of halogens is 1. The SMILES string of the molecule is COc1cc(CNC(=O)CCc2ncc(-c3ccccc3Cl)o2)ccc1OCc1ccccc1. The number of amides is 1. The van der Waals surface area contributed by atoms with Crippen LogP contribution in [0.4, 0.5) is 0 Å². The van der Waals surface area contributed by atoms with Crippen molar-refractivity contribution in [3.8, 4) is 22.8 Å². The van der Waals surface area contributed by atoms with E-state index in [1.165, 1.54) is 0 Å². The van der Waals surface area contributed by atoms with E-state index in [0.29, 0.717) is 47.7 Å². The van der Waals surface area contributed by atoms with Gasteiger partial charge in [0, 0.05) is 24.9 Å². The van der Waals surface area contributed by atoms with Crippen LogP contribution in [-0.4, -0.2) is 18.0 Å². The fraction of sp³-hybridized carbons (Fsp3) is 0.185. The zero-order chi connectivity index (χ0) is 23.8. The van der Waals surface area contributed by atoms with Crippen LogP contribution in [0.1, 0.15) is 23.4 Å². The molecule has 1 heterocycles. The molecule has 0 unspecified atom stereocenters. The standard InChI is InChI=1S/C27H25ClN2O4/c1-32-24-15-20(11-12-23(24)33-18-19-7-3-2-4-8-19)16-29-26(31)13-14-27-30-17-25(34-27)21-9-5-6-10-22(21)28/h2-12,15,17H,13-14,16,18H2,1H3,(H,29,31). The van der Waals surface area contributed by atoms with Gasteiger partial charge in [-0.25, -0.2) is 4.98 Å². The molecule has 0 bridgehead atoms. The Kier molecular flexibility index (Phi) is 7.83. The molecule has 0 aliphatic heterocycles. The average Bonchev–Trinajstić information content (AvgIpc) is 3.35. The van der Waals surface area contributed by atoms with Crippen molar-refractivity contribution in [3.05, 3.63) is 101 Å². The van der Waals surface area contributed by atoms with Crippen LogP contribution < -0.4 is 14.8 Å². The molecule has 1 N–H and O–H groups in total. The Bertz CT molecular complexity index is 1240. The van der Waals surface area contributed by atoms with Gasteiger partial charge in [0.25, 0.3) is 0 Å². The van der Waals surface area contributed by atoms with Crippen LogP contribution in [0.2, 0.25) is 5.02 Å². The van der Waals surface area contributed by atoms with Crippen molar-refractivity contribution in [1.29, 1.82) is 0 Å². The number of carbonyl (C=O) groups is 1. The van der Waals surface area contributed by atoms with Gasteiger partial charge < -0.3 is 19.2 Å². The summed E-state index contributed by atoms with van der Waals surface area (Å²) in [6.07, 6.45) is 2.28. The van der Waals surface area contributed by atoms with Gasteiger partial charge in [-0.05, 0) is 35.4 Å². The second kappa shape index (κ2) is 11.4. The zero-order valence-corrected chi connectivity index (χ0v) is 19.5. The number of ether oxygens (including phenoxy) is 2. The van der Waals surface area contributed by atoms with E-state index in [2.05, 4.69) is 10.3 Å². The van der Waals surface area contributed by atoms with Crippen LogP contribution in [0.25, 0.3) is 11.3 Å². The highest BCUT2D eigenvalue weighted by Crippen LogP contribution is 2.29. The maximum Gasteiger partial charge on any atom is 0.220 e. The molecular formula is C27H25ClN2O4. The summed E-state index contributed by atoms with van der Waals surface area (Å²) >= 11 is 6.20. The summed E-state index contributed by atoms with van der Waals surface area (Å²) in [6.45, 7) is 0.830. The number of nitrogens with zero attached hydrogens (tertiary/aromatic N) is 1. The Labute approximate surface area is 203 Å². The Hall–Kier alpha value is -3.77. The molecule has 0 saturated heterocycles. The van der Waals surface area contributed by atoms with Crippen molar-refractivity contribution in [2.24, 2.45) is 0 Å². The molecule has 1 aromatic heterocycles. The minimum atomic E-state index is -0.0964. The molecule has 0 atom stereocenters. The first-order valence-electron chi connectivity index (χ1n) is 10.9. The number of methoxy groups -OCH3 is 1. The second-order valence-electron chi connectivity index (χ2n) is 7.63. The Morgan fingerprint density at radius 3 is 2.59 bits per heavy atom. The number of hydrogen-bond donors (Lipinski definition) is 1. The average molecular weight is 477 g/mol. The summed E-state index contributed by atoms with van der Waals surface area (Å²) in [5.41, 5.74) is 2.76. The van der Waals surface area contributed by atoms with Gasteiger partial charge in [0.1, 0.15) is 6.61 Å². The smallest absolute Gasteiger partial charge is 0.220 e. The first-order valence-corrected chi connectivity index (χ1v) is 11.3. The fourth-order valence-corrected chi connectivity index (χ4v) is 3.63. The van der Waals surface area contributed by atoms with Crippen LogP contribution in [0.3, 0.4) is 0 Å². The van der Waals surface area contributed by atoms with Gasteiger partial charge in [0.15, 0.2) is 23.1 Å². The van der Waals surface area contributed by atoms with Crippen LogP contribution in [0.5, 0.6) is 11.5 Å². The minimum Gasteiger partial charge on any atom is -0.493 e. The van der Waals surface area contributed by atoms with E-state index in [0.717, 1.165) is 16.7 Å². The summed E-state index contributed by atoms with van der Waals surface area (Å²) in [4.78, 5) is 16.6. The van der Waals surface area contributed by atoms with Crippen LogP contribution in [0, 0.1) is 0 Å². The lowest BCUT2D eigenvalue weighted by molar-refractivity contribution is -0.121. The van der Waals surface area contributed by atoms with Gasteiger partial charge >= 0.3 is 0 Å². The highest BCUT2D eigenvalue weighted by Gasteiger charge is 2.12. The lowest BCUT2D eigenvalue weighted by Gasteiger charge is -2.13. The number of nitrogens with one attached hydrogen (secondary N) is 1. The molecule has 0 fully saturated rings. The Balaban J connectivity index is 1.27. The molecule has 4 rings (SSSR count). The maximum atomic E-state index is 12.3. The molecule has 3 aromatic carbocycles. The lowest BCUT2D eigenvalue weighted by atomic mass is 10.2. The number of benzene rings is 3. The zero-order valence-electron chi connectivity index (χ0n) is 18.8. The molecule has 0 saturated carbocycles. The largest absolute Gasteiger partial charge is 0.493 e. The molecule has 0 radical (unpaired) electrons. The minimum absolute atomic E-state index is 0.0964. The van der Waals surface area contributed by atoms with Crippen LogP contribution in [0.15, 0.2) is 83.4 Å². The number of rotatable bonds is 10. The molecule has 0 aliphatic carbocycles. The second-order valence-corrected chi connectivity index (χ2v) is 8.04. The quantitative estimate of drug-likeness (QED) is 0.311. The third kappa shape index (κ3) is 6.17. The topological polar surface area (TPSA) is 73.6 Å². The van der Waals surface area contributed by atoms with Gasteiger partial charge in [-0.2, -0.15) is 0 Å². The van der Waals surface area contributed by atoms with Crippen molar-refractivity contribution < 1.29 is 18.7 Å². The Morgan fingerprint density at radius 1 is 1.00 bits per heavy atom. The third-order valence-corrected chi connectivity index (χ3v) is 5.54. The van der Waals surface area contributed by atoms with E-state index in [4.69, 9.17) is 25.5 Å². The van der Waals surface area contributed by atoms with Gasteiger partial charge in [-0.1, -0.05) is 60.1 Å². The van der Waals surface area contributed by atoms with Crippen molar-refractivity contribution >= 4 is 17.5 Å². The van der Waals surface area contributed by atoms with E-state index in [1.54, 1.807) is 19.4 Å². The molecule has 174 valence electrons. The molecule has 0 aliphatic rings. The van der Waals surface area contributed by atoms with E-state index in [1.807, 2.05) is 66.7 Å². The van der Waals surface area contributed by atoms with Gasteiger partial charge in [-0.3, -0.25) is 4.79 Å². The van der Waals surface area contributed by atoms with E-state index >= 15 is 0 Å². The van der Waals surface area contributed by atoms with Gasteiger partial charge in [0.05, 0.1) is 18.3 Å². The predicted molar refractivity (Wildman–Crippen MR) is 131 cm³/mol. The molecule has 4 aromatic rings. The first-order chi connectivity index (χ1) is 16.6. The van der Waals surface area contributed by atoms with Gasteiger partial charge in [0.2, 0.25) is 5.91 Å². The van der Waals surface area contributed by atoms with E-state index in [-0.39, 0.29) is 12.3 Å². The predicted octanol–water partition coefficient (Wildman–Crippen LogP) is 5.83. The van der Waals surface area contributed by atoms with E-state index < -0.39 is 0 Å². The number of aromatic nitrogens is 1. The maximum absolute atomic E-state index is 12.3. The number of aryl methyl sites for hydroxylation is 1. The molecule has 1 amide bonds. The molecule has 0 spiro atoms. The van der Waals surface area contributed by atoms with E-state index in [9.17, 15) is 4.79 Å². The summed E-state index contributed by atoms with van der Waals surface area (Å²) in [5, 5.41) is 3.51. The molecule has 34 heavy (non-hydrogen) atoms. The first kappa shape index (κ1) is 23.4. The fourth-order valence-electron chi connectivity index (χ4n) is 3.40. The number of oxazole rings is 1. The summed E-state index contributed by atoms with van der Waals surface area (Å²) in [6, 6.07) is 23.0. The molecule has 7 heteroatoms. The van der Waals surface area contributed by atoms with Gasteiger partial charge in [-0.15, -0.1) is 0 Å². The third-order valence-electron chi connectivity index (χ3n) is 5.21. The van der Waals surface area contributed by atoms with Crippen LogP contribution >= 0.6 is 11.6 Å². The highest BCUT2D eigenvalue weighted by atomic mass is 35.5. The van der Waals surface area contributed by atoms with Crippen molar-refractivity contribution in [3.63, 3.8) is 0 Å². The molecule has 6 nitrogen and oxygen atoms in total. The number of carbonyl (C=O) groups excluding carboxylic acids is 1. The van der Waals surface area contributed by atoms with Crippen molar-refractivity contribution in [1.82, 2.24) is 10.3 Å². The Morgan fingerprint density at radius 2 is 1.79 bits per heavy atom. The summed E-state index contributed by atoms with van der Waals surface area (Å²) in [7, 11) is 1.60. The van der Waals surface area contributed by atoms with Crippen LogP contribution in [-0.2, 0) is 24.4 Å². The van der Waals surface area contributed by atoms with Crippen molar-refractivity contribution in [2.75, 3.05) is 7.11 Å². The lowest BCUT2D eigenvalue weighted by Crippen LogP contribution is -2.23. The summed E-state index contributed by atoms with van der Waals surface area (Å²) in [5.74, 6) is 2.25. The normalized spacial score (nSPS) is 10.6. The molecular weight excluding hydrogens is 452 g/mol.